The van der Waals surface area contributed by atoms with Gasteiger partial charge >= 0.3 is 0 Å². The lowest BCUT2D eigenvalue weighted by molar-refractivity contribution is -0.256. The van der Waals surface area contributed by atoms with Gasteiger partial charge in [-0.05, 0) is 49.5 Å². The van der Waals surface area contributed by atoms with Crippen molar-refractivity contribution in [2.45, 2.75) is 90.2 Å². The molecule has 0 radical (unpaired) electrons. The Morgan fingerprint density at radius 3 is 2.19 bits per heavy atom. The topological polar surface area (TPSA) is 66.4 Å². The Hall–Kier alpha value is -0.760. The van der Waals surface area contributed by atoms with Gasteiger partial charge in [0.05, 0.1) is 18.3 Å². The summed E-state index contributed by atoms with van der Waals surface area (Å²) in [7, 11) is 6.79. The lowest BCUT2D eigenvalue weighted by Crippen LogP contribution is -2.49. The maximum Gasteiger partial charge on any atom is 0.184 e. The molecule has 0 aromatic heterocycles. The van der Waals surface area contributed by atoms with Crippen molar-refractivity contribution in [2.75, 3.05) is 28.4 Å². The van der Waals surface area contributed by atoms with Gasteiger partial charge in [-0.3, -0.25) is 0 Å². The molecule has 1 heterocycles. The standard InChI is InChI=1S/C26H46O6/c1-9-21(28-5)18(4)19-13-14-20(19)24(27)16(2)11-10-12-17(3)25-22(29-6)15-23(30-7)26(31-8)32-25/h10-12,16,18-27H,9,13-15H2,1-8H3/b11-10+,17-12+/t16-,18-,19+,20-,21-,22-,23+,24+,25+,26+/m0/s1. The van der Waals surface area contributed by atoms with Crippen molar-refractivity contribution in [3.05, 3.63) is 23.8 Å². The highest BCUT2D eigenvalue weighted by Crippen LogP contribution is 2.45. The van der Waals surface area contributed by atoms with E-state index in [-0.39, 0.29) is 36.4 Å². The molecule has 186 valence electrons. The molecule has 1 saturated heterocycles. The second kappa shape index (κ2) is 13.2. The van der Waals surface area contributed by atoms with Crippen molar-refractivity contribution < 1.29 is 28.8 Å². The number of rotatable bonds is 12. The minimum atomic E-state index is -0.416. The summed E-state index contributed by atoms with van der Waals surface area (Å²) in [5, 5.41) is 11.0. The summed E-state index contributed by atoms with van der Waals surface area (Å²) < 4.78 is 28.4. The lowest BCUT2D eigenvalue weighted by atomic mass is 9.62. The molecule has 1 saturated carbocycles. The van der Waals surface area contributed by atoms with Crippen molar-refractivity contribution in [1.82, 2.24) is 0 Å². The molecule has 0 aromatic carbocycles. The van der Waals surface area contributed by atoms with E-state index in [2.05, 4.69) is 32.9 Å². The maximum atomic E-state index is 11.0. The van der Waals surface area contributed by atoms with E-state index in [1.165, 1.54) is 6.42 Å². The Balaban J connectivity index is 1.98. The van der Waals surface area contributed by atoms with Gasteiger partial charge in [0.1, 0.15) is 12.2 Å². The maximum absolute atomic E-state index is 11.0. The second-order valence-corrected chi connectivity index (χ2v) is 9.54. The summed E-state index contributed by atoms with van der Waals surface area (Å²) in [6, 6.07) is 0. The van der Waals surface area contributed by atoms with Crippen LogP contribution in [0.2, 0.25) is 0 Å². The average Bonchev–Trinajstić information content (AvgIpc) is 2.77. The van der Waals surface area contributed by atoms with E-state index >= 15 is 0 Å². The normalized spacial score (nSPS) is 35.3. The van der Waals surface area contributed by atoms with Crippen molar-refractivity contribution in [3.8, 4) is 0 Å². The fourth-order valence-corrected chi connectivity index (χ4v) is 5.46. The third kappa shape index (κ3) is 6.43. The Kier molecular flexibility index (Phi) is 11.3. The number of allylic oxidation sites excluding steroid dienone is 2. The SMILES string of the molecule is CC[C@H](OC)[C@@H](C)[C@H]1CC[C@@H]1[C@H](O)[C@@H](C)/C=C/C=C(\C)[C@H]1O[C@@H](OC)[C@H](OC)C[C@@H]1OC. The van der Waals surface area contributed by atoms with E-state index in [4.69, 9.17) is 23.7 Å². The van der Waals surface area contributed by atoms with Gasteiger partial charge in [0.25, 0.3) is 0 Å². The van der Waals surface area contributed by atoms with Crippen molar-refractivity contribution in [1.29, 1.82) is 0 Å². The summed E-state index contributed by atoms with van der Waals surface area (Å²) in [6.45, 7) is 8.58. The van der Waals surface area contributed by atoms with Crippen LogP contribution in [0.15, 0.2) is 23.8 Å². The van der Waals surface area contributed by atoms with Crippen LogP contribution in [0.3, 0.4) is 0 Å². The van der Waals surface area contributed by atoms with Crippen LogP contribution in [-0.2, 0) is 23.7 Å². The summed E-state index contributed by atoms with van der Waals surface area (Å²) >= 11 is 0. The molecule has 1 N–H and O–H groups in total. The smallest absolute Gasteiger partial charge is 0.184 e. The van der Waals surface area contributed by atoms with E-state index in [1.54, 1.807) is 28.4 Å². The number of methoxy groups -OCH3 is 4. The van der Waals surface area contributed by atoms with Gasteiger partial charge in [-0.15, -0.1) is 0 Å². The van der Waals surface area contributed by atoms with Crippen molar-refractivity contribution in [2.24, 2.45) is 23.7 Å². The zero-order valence-electron chi connectivity index (χ0n) is 21.3. The molecular formula is C26H46O6. The molecule has 6 nitrogen and oxygen atoms in total. The van der Waals surface area contributed by atoms with Crippen LogP contribution in [-0.4, -0.2) is 70.4 Å². The first kappa shape index (κ1) is 27.5. The fourth-order valence-electron chi connectivity index (χ4n) is 5.46. The highest BCUT2D eigenvalue weighted by atomic mass is 16.7. The van der Waals surface area contributed by atoms with Crippen LogP contribution in [0.25, 0.3) is 0 Å². The quantitative estimate of drug-likeness (QED) is 0.442. The summed E-state index contributed by atoms with van der Waals surface area (Å²) in [6.07, 6.45) is 9.25. The van der Waals surface area contributed by atoms with Gasteiger partial charge in [0, 0.05) is 40.8 Å². The minimum Gasteiger partial charge on any atom is -0.392 e. The van der Waals surface area contributed by atoms with E-state index < -0.39 is 6.29 Å². The molecule has 0 amide bonds. The molecule has 2 aliphatic rings. The first-order chi connectivity index (χ1) is 15.3. The zero-order chi connectivity index (χ0) is 23.8. The number of ether oxygens (including phenoxy) is 5. The zero-order valence-corrected chi connectivity index (χ0v) is 21.3. The van der Waals surface area contributed by atoms with Gasteiger partial charge in [-0.2, -0.15) is 0 Å². The predicted molar refractivity (Wildman–Crippen MR) is 126 cm³/mol. The third-order valence-electron chi connectivity index (χ3n) is 7.77. The Morgan fingerprint density at radius 1 is 1.03 bits per heavy atom. The molecule has 0 unspecified atom stereocenters. The fraction of sp³-hybridized carbons (Fsp3) is 0.846. The molecular weight excluding hydrogens is 408 g/mol. The Labute approximate surface area is 195 Å². The third-order valence-corrected chi connectivity index (χ3v) is 7.77. The Bertz CT molecular complexity index is 601. The first-order valence-corrected chi connectivity index (χ1v) is 12.1. The molecule has 2 fully saturated rings. The van der Waals surface area contributed by atoms with Crippen molar-refractivity contribution in [3.63, 3.8) is 0 Å². The van der Waals surface area contributed by atoms with Crippen LogP contribution in [0.4, 0.5) is 0 Å². The molecule has 1 aliphatic carbocycles. The number of aliphatic hydroxyl groups is 1. The van der Waals surface area contributed by atoms with Crippen LogP contribution in [0.5, 0.6) is 0 Å². The highest BCUT2D eigenvalue weighted by Gasteiger charge is 2.42. The number of hydrogen-bond donors (Lipinski definition) is 1. The molecule has 10 atom stereocenters. The van der Waals surface area contributed by atoms with Gasteiger partial charge in [-0.1, -0.05) is 39.0 Å². The highest BCUT2D eigenvalue weighted by molar-refractivity contribution is 5.18. The van der Waals surface area contributed by atoms with Crippen LogP contribution in [0, 0.1) is 23.7 Å². The monoisotopic (exact) mass is 454 g/mol. The van der Waals surface area contributed by atoms with E-state index in [1.807, 2.05) is 13.0 Å². The predicted octanol–water partition coefficient (Wildman–Crippen LogP) is 4.36. The van der Waals surface area contributed by atoms with E-state index in [0.29, 0.717) is 24.2 Å². The lowest BCUT2D eigenvalue weighted by Gasteiger charge is -2.46. The number of hydrogen-bond acceptors (Lipinski definition) is 6. The number of aliphatic hydroxyl groups excluding tert-OH is 1. The molecule has 0 spiro atoms. The minimum absolute atomic E-state index is 0.0803. The molecule has 2 rings (SSSR count). The largest absolute Gasteiger partial charge is 0.392 e. The van der Waals surface area contributed by atoms with Crippen molar-refractivity contribution >= 4 is 0 Å². The van der Waals surface area contributed by atoms with E-state index in [9.17, 15) is 5.11 Å². The summed E-state index contributed by atoms with van der Waals surface area (Å²) in [4.78, 5) is 0. The Morgan fingerprint density at radius 2 is 1.69 bits per heavy atom. The molecule has 0 bridgehead atoms. The van der Waals surface area contributed by atoms with Crippen LogP contribution >= 0.6 is 0 Å². The second-order valence-electron chi connectivity index (χ2n) is 9.54. The molecule has 32 heavy (non-hydrogen) atoms. The summed E-state index contributed by atoms with van der Waals surface area (Å²) in [5.41, 5.74) is 1.06. The first-order valence-electron chi connectivity index (χ1n) is 12.1. The summed E-state index contributed by atoms with van der Waals surface area (Å²) in [5.74, 6) is 1.42. The molecule has 0 aromatic rings. The van der Waals surface area contributed by atoms with Crippen LogP contribution in [0.1, 0.15) is 53.4 Å². The van der Waals surface area contributed by atoms with Gasteiger partial charge in [0.15, 0.2) is 6.29 Å². The van der Waals surface area contributed by atoms with Gasteiger partial charge < -0.3 is 28.8 Å². The average molecular weight is 455 g/mol. The van der Waals surface area contributed by atoms with Gasteiger partial charge in [-0.25, -0.2) is 0 Å². The van der Waals surface area contributed by atoms with Gasteiger partial charge in [0.2, 0.25) is 0 Å². The molecule has 6 heteroatoms. The van der Waals surface area contributed by atoms with E-state index in [0.717, 1.165) is 18.4 Å². The molecule has 1 aliphatic heterocycles. The van der Waals surface area contributed by atoms with Crippen LogP contribution < -0.4 is 0 Å².